The van der Waals surface area contributed by atoms with Gasteiger partial charge in [-0.05, 0) is 31.7 Å². The zero-order valence-electron chi connectivity index (χ0n) is 15.2. The van der Waals surface area contributed by atoms with Gasteiger partial charge in [0.25, 0.3) is 5.91 Å². The standard InChI is InChI=1S/C18H24N4O4/c1-10(2)16-21-18(26-22-16)15(12-4-6-25-7-5-12)20-17(24)13-8-11(3)19-14(23)9-13/h8-10,12,15H,4-7H2,1-3H3,(H,19,23)(H,20,24)/t15-/m0/s1. The van der Waals surface area contributed by atoms with E-state index in [2.05, 4.69) is 20.4 Å². The molecular weight excluding hydrogens is 336 g/mol. The number of ether oxygens (including phenoxy) is 1. The van der Waals surface area contributed by atoms with Crippen LogP contribution >= 0.6 is 0 Å². The van der Waals surface area contributed by atoms with Gasteiger partial charge in [-0.1, -0.05) is 19.0 Å². The van der Waals surface area contributed by atoms with Crippen LogP contribution in [0.3, 0.4) is 0 Å². The molecule has 1 fully saturated rings. The summed E-state index contributed by atoms with van der Waals surface area (Å²) in [5, 5.41) is 7.00. The minimum absolute atomic E-state index is 0.133. The summed E-state index contributed by atoms with van der Waals surface area (Å²) in [6, 6.07) is 2.52. The molecule has 1 aliphatic heterocycles. The first-order chi connectivity index (χ1) is 12.4. The summed E-state index contributed by atoms with van der Waals surface area (Å²) in [4.78, 5) is 31.5. The molecule has 26 heavy (non-hydrogen) atoms. The van der Waals surface area contributed by atoms with E-state index in [0.717, 1.165) is 12.8 Å². The molecular formula is C18H24N4O4. The molecule has 1 amide bonds. The maximum absolute atomic E-state index is 12.7. The van der Waals surface area contributed by atoms with Crippen LogP contribution < -0.4 is 10.9 Å². The van der Waals surface area contributed by atoms with Gasteiger partial charge in [0.1, 0.15) is 6.04 Å². The van der Waals surface area contributed by atoms with E-state index in [4.69, 9.17) is 9.26 Å². The number of carbonyl (C=O) groups excluding carboxylic acids is 1. The van der Waals surface area contributed by atoms with Gasteiger partial charge in [-0.15, -0.1) is 0 Å². The SMILES string of the molecule is Cc1cc(C(=O)N[C@H](c2nc(C(C)C)no2)C2CCOCC2)cc(=O)[nH]1. The van der Waals surface area contributed by atoms with Crippen molar-refractivity contribution < 1.29 is 14.1 Å². The third-order valence-electron chi connectivity index (χ3n) is 4.51. The van der Waals surface area contributed by atoms with E-state index in [-0.39, 0.29) is 23.3 Å². The second-order valence-corrected chi connectivity index (χ2v) is 6.96. The monoisotopic (exact) mass is 360 g/mol. The summed E-state index contributed by atoms with van der Waals surface area (Å²) in [7, 11) is 0. The number of amides is 1. The molecule has 0 spiro atoms. The Labute approximate surface area is 151 Å². The van der Waals surface area contributed by atoms with E-state index in [0.29, 0.717) is 36.2 Å². The van der Waals surface area contributed by atoms with Crippen molar-refractivity contribution in [2.45, 2.75) is 45.6 Å². The van der Waals surface area contributed by atoms with Crippen molar-refractivity contribution in [3.8, 4) is 0 Å². The van der Waals surface area contributed by atoms with Gasteiger partial charge >= 0.3 is 0 Å². The van der Waals surface area contributed by atoms with Crippen LogP contribution in [0, 0.1) is 12.8 Å². The lowest BCUT2D eigenvalue weighted by atomic mass is 9.91. The molecule has 8 nitrogen and oxygen atoms in total. The van der Waals surface area contributed by atoms with Crippen molar-refractivity contribution in [1.82, 2.24) is 20.4 Å². The quantitative estimate of drug-likeness (QED) is 0.845. The largest absolute Gasteiger partial charge is 0.381 e. The number of hydrogen-bond donors (Lipinski definition) is 2. The number of nitrogens with zero attached hydrogens (tertiary/aromatic N) is 2. The zero-order chi connectivity index (χ0) is 18.7. The van der Waals surface area contributed by atoms with Gasteiger partial charge in [-0.3, -0.25) is 9.59 Å². The van der Waals surface area contributed by atoms with Crippen molar-refractivity contribution in [3.63, 3.8) is 0 Å². The Hall–Kier alpha value is -2.48. The van der Waals surface area contributed by atoms with E-state index in [1.54, 1.807) is 13.0 Å². The van der Waals surface area contributed by atoms with Crippen LogP contribution in [0.4, 0.5) is 0 Å². The topological polar surface area (TPSA) is 110 Å². The van der Waals surface area contributed by atoms with Crippen molar-refractivity contribution in [2.75, 3.05) is 13.2 Å². The normalized spacial score (nSPS) is 16.6. The van der Waals surface area contributed by atoms with E-state index in [9.17, 15) is 9.59 Å². The molecule has 0 radical (unpaired) electrons. The fourth-order valence-corrected chi connectivity index (χ4v) is 3.08. The molecule has 0 saturated carbocycles. The third kappa shape index (κ3) is 4.19. The number of H-pyrrole nitrogens is 1. The van der Waals surface area contributed by atoms with Crippen LogP contribution in [-0.4, -0.2) is 34.2 Å². The van der Waals surface area contributed by atoms with Gasteiger partial charge < -0.3 is 19.6 Å². The summed E-state index contributed by atoms with van der Waals surface area (Å²) in [5.41, 5.74) is 0.634. The minimum Gasteiger partial charge on any atom is -0.381 e. The predicted octanol–water partition coefficient (Wildman–Crippen LogP) is 2.09. The van der Waals surface area contributed by atoms with Crippen LogP contribution in [0.1, 0.15) is 66.4 Å². The average Bonchev–Trinajstić information content (AvgIpc) is 3.09. The highest BCUT2D eigenvalue weighted by Crippen LogP contribution is 2.30. The Balaban J connectivity index is 1.86. The molecule has 2 N–H and O–H groups in total. The molecule has 0 aliphatic carbocycles. The second-order valence-electron chi connectivity index (χ2n) is 6.96. The predicted molar refractivity (Wildman–Crippen MR) is 93.9 cm³/mol. The number of rotatable bonds is 5. The van der Waals surface area contributed by atoms with Crippen LogP contribution in [0.15, 0.2) is 21.5 Å². The van der Waals surface area contributed by atoms with Crippen LogP contribution in [0.2, 0.25) is 0 Å². The van der Waals surface area contributed by atoms with Crippen LogP contribution in [0.25, 0.3) is 0 Å². The molecule has 2 aromatic heterocycles. The number of aromatic amines is 1. The molecule has 2 aromatic rings. The van der Waals surface area contributed by atoms with Gasteiger partial charge in [0.05, 0.1) is 0 Å². The van der Waals surface area contributed by atoms with Gasteiger partial charge in [0.15, 0.2) is 5.82 Å². The molecule has 8 heteroatoms. The molecule has 0 bridgehead atoms. The van der Waals surface area contributed by atoms with Gasteiger partial charge in [0.2, 0.25) is 11.4 Å². The lowest BCUT2D eigenvalue weighted by Gasteiger charge is -2.28. The van der Waals surface area contributed by atoms with Gasteiger partial charge in [-0.25, -0.2) is 0 Å². The molecule has 1 aliphatic rings. The van der Waals surface area contributed by atoms with E-state index in [1.807, 2.05) is 13.8 Å². The zero-order valence-corrected chi connectivity index (χ0v) is 15.2. The lowest BCUT2D eigenvalue weighted by Crippen LogP contribution is -2.36. The van der Waals surface area contributed by atoms with Crippen molar-refractivity contribution in [3.05, 3.63) is 45.5 Å². The number of aromatic nitrogens is 3. The minimum atomic E-state index is -0.411. The highest BCUT2D eigenvalue weighted by atomic mass is 16.5. The lowest BCUT2D eigenvalue weighted by molar-refractivity contribution is 0.0467. The Kier molecular flexibility index (Phi) is 5.51. The fourth-order valence-electron chi connectivity index (χ4n) is 3.08. The molecule has 0 unspecified atom stereocenters. The van der Waals surface area contributed by atoms with E-state index in [1.165, 1.54) is 6.07 Å². The number of nitrogens with one attached hydrogen (secondary N) is 2. The van der Waals surface area contributed by atoms with Gasteiger partial charge in [0, 0.05) is 36.5 Å². The smallest absolute Gasteiger partial charge is 0.252 e. The van der Waals surface area contributed by atoms with Gasteiger partial charge in [-0.2, -0.15) is 4.98 Å². The summed E-state index contributed by atoms with van der Waals surface area (Å²) in [5.74, 6) is 0.943. The van der Waals surface area contributed by atoms with E-state index < -0.39 is 6.04 Å². The molecule has 140 valence electrons. The first-order valence-corrected chi connectivity index (χ1v) is 8.87. The van der Waals surface area contributed by atoms with E-state index >= 15 is 0 Å². The third-order valence-corrected chi connectivity index (χ3v) is 4.51. The first kappa shape index (κ1) is 18.3. The first-order valence-electron chi connectivity index (χ1n) is 8.87. The number of pyridine rings is 1. The number of carbonyl (C=O) groups is 1. The summed E-state index contributed by atoms with van der Waals surface area (Å²) in [6.45, 7) is 6.96. The Morgan fingerprint density at radius 3 is 2.65 bits per heavy atom. The van der Waals surface area contributed by atoms with Crippen molar-refractivity contribution in [1.29, 1.82) is 0 Å². The number of aryl methyl sites for hydroxylation is 1. The molecule has 0 aromatic carbocycles. The Morgan fingerprint density at radius 1 is 1.31 bits per heavy atom. The molecule has 3 heterocycles. The highest BCUT2D eigenvalue weighted by Gasteiger charge is 2.32. The van der Waals surface area contributed by atoms with Crippen molar-refractivity contribution >= 4 is 5.91 Å². The Bertz CT molecular complexity index is 821. The molecule has 1 saturated heterocycles. The number of hydrogen-bond acceptors (Lipinski definition) is 6. The maximum atomic E-state index is 12.7. The summed E-state index contributed by atoms with van der Waals surface area (Å²) < 4.78 is 10.9. The summed E-state index contributed by atoms with van der Waals surface area (Å²) >= 11 is 0. The average molecular weight is 360 g/mol. The molecule has 1 atom stereocenters. The highest BCUT2D eigenvalue weighted by molar-refractivity contribution is 5.94. The van der Waals surface area contributed by atoms with Crippen molar-refractivity contribution in [2.24, 2.45) is 5.92 Å². The second kappa shape index (κ2) is 7.82. The maximum Gasteiger partial charge on any atom is 0.252 e. The van der Waals surface area contributed by atoms with Crippen LogP contribution in [-0.2, 0) is 4.74 Å². The summed E-state index contributed by atoms with van der Waals surface area (Å²) in [6.07, 6.45) is 1.58. The molecule has 3 rings (SSSR count). The fraction of sp³-hybridized carbons (Fsp3) is 0.556. The Morgan fingerprint density at radius 2 is 2.04 bits per heavy atom. The van der Waals surface area contributed by atoms with Crippen LogP contribution in [0.5, 0.6) is 0 Å².